The third-order valence-corrected chi connectivity index (χ3v) is 7.08. The highest BCUT2D eigenvalue weighted by Crippen LogP contribution is 2.60. The summed E-state index contributed by atoms with van der Waals surface area (Å²) in [5.74, 6) is -3.85. The molecule has 39 heavy (non-hydrogen) atoms. The maximum Gasteiger partial charge on any atom is 0.348 e. The number of carbonyl (C=O) groups excluding carboxylic acids is 4. The van der Waals surface area contributed by atoms with Crippen LogP contribution in [0, 0.1) is 27.1 Å². The molecule has 0 saturated carbocycles. The Hall–Kier alpha value is -2.51. The predicted octanol–water partition coefficient (Wildman–Crippen LogP) is 3.96. The summed E-state index contributed by atoms with van der Waals surface area (Å²) in [6, 6.07) is -0.417. The number of nitrogens with one attached hydrogen (secondary N) is 1. The first kappa shape index (κ1) is 32.7. The monoisotopic (exact) mass is 547 g/mol. The first-order valence-corrected chi connectivity index (χ1v) is 13.9. The van der Waals surface area contributed by atoms with Crippen molar-refractivity contribution in [3.8, 4) is 0 Å². The molecular weight excluding hydrogens is 496 g/mol. The quantitative estimate of drug-likeness (QED) is 0.242. The number of cyclic esters (lactones) is 1. The van der Waals surface area contributed by atoms with Gasteiger partial charge in [-0.25, -0.2) is 9.59 Å². The van der Waals surface area contributed by atoms with Gasteiger partial charge in [0.05, 0.1) is 12.1 Å². The van der Waals surface area contributed by atoms with Crippen LogP contribution in [0.5, 0.6) is 0 Å². The molecule has 2 atom stereocenters. The molecule has 0 aromatic heterocycles. The zero-order valence-electron chi connectivity index (χ0n) is 27.1. The van der Waals surface area contributed by atoms with Gasteiger partial charge in [0.2, 0.25) is 0 Å². The summed E-state index contributed by atoms with van der Waals surface area (Å²) in [5, 5.41) is 0. The molecule has 1 amide bonds. The van der Waals surface area contributed by atoms with E-state index in [0.717, 1.165) is 0 Å². The minimum Gasteiger partial charge on any atom is -0.452 e. The van der Waals surface area contributed by atoms with Gasteiger partial charge >= 0.3 is 17.3 Å². The second kappa shape index (κ2) is 9.55. The number of esters is 1. The van der Waals surface area contributed by atoms with Crippen LogP contribution in [0.1, 0.15) is 111 Å². The van der Waals surface area contributed by atoms with Crippen LogP contribution in [-0.4, -0.2) is 52.0 Å². The summed E-state index contributed by atoms with van der Waals surface area (Å²) in [5.41, 5.74) is -6.00. The Morgan fingerprint density at radius 3 is 1.62 bits per heavy atom. The van der Waals surface area contributed by atoms with Crippen molar-refractivity contribution in [1.82, 2.24) is 4.90 Å². The Balaban J connectivity index is 3.18. The fourth-order valence-electron chi connectivity index (χ4n) is 5.28. The van der Waals surface area contributed by atoms with Crippen LogP contribution in [0.15, 0.2) is 11.3 Å². The van der Waals surface area contributed by atoms with Gasteiger partial charge in [0.25, 0.3) is 11.6 Å². The van der Waals surface area contributed by atoms with E-state index in [9.17, 15) is 19.2 Å². The van der Waals surface area contributed by atoms with Crippen molar-refractivity contribution in [3.05, 3.63) is 11.3 Å². The minimum absolute atomic E-state index is 0.120. The molecule has 0 aliphatic carbocycles. The number of nitrogens with zero attached hydrogens (tertiary/aromatic N) is 1. The van der Waals surface area contributed by atoms with Gasteiger partial charge < -0.3 is 9.47 Å². The molecule has 1 fully saturated rings. The number of likely N-dealkylation sites (tertiary alicyclic amines) is 1. The summed E-state index contributed by atoms with van der Waals surface area (Å²) >= 11 is 0. The molecular formula is C31H51N2O6+. The maximum absolute atomic E-state index is 14.7. The number of β-lactam (4-membered cyclic amide) rings is 1. The third-order valence-electron chi connectivity index (χ3n) is 7.08. The lowest BCUT2D eigenvalue weighted by Crippen LogP contribution is -2.96. The summed E-state index contributed by atoms with van der Waals surface area (Å²) < 4.78 is 13.1. The van der Waals surface area contributed by atoms with E-state index in [2.05, 4.69) is 4.99 Å². The number of hydrogen-bond acceptors (Lipinski definition) is 6. The smallest absolute Gasteiger partial charge is 0.348 e. The molecule has 2 rings (SSSR count). The van der Waals surface area contributed by atoms with Gasteiger partial charge in [0.1, 0.15) is 11.3 Å². The highest BCUT2D eigenvalue weighted by molar-refractivity contribution is 6.37. The summed E-state index contributed by atoms with van der Waals surface area (Å²) in [6.45, 7) is 28.8. The predicted molar refractivity (Wildman–Crippen MR) is 150 cm³/mol. The molecule has 0 unspecified atom stereocenters. The van der Waals surface area contributed by atoms with Gasteiger partial charge in [-0.15, -0.1) is 0 Å². The lowest BCUT2D eigenvalue weighted by atomic mass is 9.54. The first-order chi connectivity index (χ1) is 17.2. The van der Waals surface area contributed by atoms with Crippen molar-refractivity contribution in [2.75, 3.05) is 0 Å². The zero-order chi connectivity index (χ0) is 30.9. The van der Waals surface area contributed by atoms with Crippen molar-refractivity contribution in [2.45, 2.75) is 129 Å². The number of amidine groups is 1. The van der Waals surface area contributed by atoms with E-state index in [4.69, 9.17) is 9.47 Å². The highest BCUT2D eigenvalue weighted by Gasteiger charge is 2.87. The van der Waals surface area contributed by atoms with E-state index in [1.807, 2.05) is 48.5 Å². The Morgan fingerprint density at radius 1 is 0.795 bits per heavy atom. The molecule has 0 aromatic carbocycles. The van der Waals surface area contributed by atoms with E-state index in [1.165, 1.54) is 0 Å². The Bertz CT molecular complexity index is 1130. The summed E-state index contributed by atoms with van der Waals surface area (Å²) in [4.78, 5) is 61.7. The van der Waals surface area contributed by atoms with Crippen molar-refractivity contribution >= 4 is 29.3 Å². The van der Waals surface area contributed by atoms with Crippen LogP contribution in [0.2, 0.25) is 0 Å². The number of hydrogen-bond donors (Lipinski definition) is 1. The molecule has 8 heteroatoms. The number of rotatable bonds is 5. The summed E-state index contributed by atoms with van der Waals surface area (Å²) in [7, 11) is 0. The van der Waals surface area contributed by atoms with Crippen molar-refractivity contribution in [1.29, 1.82) is 0 Å². The van der Waals surface area contributed by atoms with Crippen LogP contribution in [-0.2, 0) is 28.7 Å². The van der Waals surface area contributed by atoms with Gasteiger partial charge in [-0.1, -0.05) is 83.1 Å². The largest absolute Gasteiger partial charge is 0.452 e. The molecule has 0 bridgehead atoms. The fourth-order valence-corrected chi connectivity index (χ4v) is 5.28. The second-order valence-corrected chi connectivity index (χ2v) is 15.6. The number of amides is 1. The second-order valence-electron chi connectivity index (χ2n) is 15.6. The van der Waals surface area contributed by atoms with Crippen molar-refractivity contribution in [3.63, 3.8) is 0 Å². The van der Waals surface area contributed by atoms with Crippen LogP contribution in [0.4, 0.5) is 0 Å². The van der Waals surface area contributed by atoms with Gasteiger partial charge in [-0.2, -0.15) is 4.90 Å². The van der Waals surface area contributed by atoms with Crippen LogP contribution in [0.3, 0.4) is 0 Å². The molecule has 0 radical (unpaired) electrons. The fraction of sp³-hybridized carbons (Fsp3) is 0.774. The molecule has 1 N–H and O–H groups in total. The zero-order valence-corrected chi connectivity index (χ0v) is 27.1. The molecule has 220 valence electrons. The molecule has 2 heterocycles. The van der Waals surface area contributed by atoms with E-state index >= 15 is 0 Å². The Labute approximate surface area is 235 Å². The lowest BCUT2D eigenvalue weighted by Gasteiger charge is -2.59. The Morgan fingerprint density at radius 2 is 1.28 bits per heavy atom. The van der Waals surface area contributed by atoms with Crippen molar-refractivity contribution in [2.24, 2.45) is 27.1 Å². The Kier molecular flexibility index (Phi) is 8.01. The molecule has 0 spiro atoms. The highest BCUT2D eigenvalue weighted by atomic mass is 16.7. The molecule has 0 aromatic rings. The van der Waals surface area contributed by atoms with Gasteiger partial charge in [-0.3, -0.25) is 14.6 Å². The van der Waals surface area contributed by atoms with E-state index in [0.29, 0.717) is 5.84 Å². The minimum atomic E-state index is -2.08. The number of ether oxygens (including phenoxy) is 2. The molecule has 1 saturated heterocycles. The topological polar surface area (TPSA) is 104 Å². The number of allylic oxidation sites excluding steroid dienone is 1. The average molecular weight is 548 g/mol. The molecule has 2 aliphatic heterocycles. The average Bonchev–Trinajstić information content (AvgIpc) is 2.69. The van der Waals surface area contributed by atoms with Crippen LogP contribution < -0.4 is 4.99 Å². The SMILES string of the molecule is CC(C)[NH+]=C1N(C(C)C)C(=O)[C@@]1(C(=O)C(C)(C)C)[C@@]1(C(C)(C)C)OC(=O)C(C(=O)C(C)(C)C)=C(C(C)(C)C)O1. The molecule has 8 nitrogen and oxygen atoms in total. The normalized spacial score (nSPS) is 26.2. The van der Waals surface area contributed by atoms with Gasteiger partial charge in [0, 0.05) is 21.7 Å². The third kappa shape index (κ3) is 4.97. The molecule has 2 aliphatic rings. The maximum atomic E-state index is 14.7. The standard InChI is InChI=1S/C31H50N2O6/c1-17(2)32-24-30(23(36)28(11,12)13,25(37)33(24)18(3)4)31(29(14,15)16)38-21(27(8,9)10)19(22(35)39-31)20(34)26(5,6)7/h17-18H,1-16H3/p+1/t30-,31+/m0/s1. The lowest BCUT2D eigenvalue weighted by molar-refractivity contribution is -0.508. The number of Topliss-reactive ketones (excluding diaryl/α,β-unsaturated/α-hetero) is 2. The van der Waals surface area contributed by atoms with Crippen LogP contribution in [0.25, 0.3) is 0 Å². The summed E-state index contributed by atoms with van der Waals surface area (Å²) in [6.07, 6.45) is 0. The van der Waals surface area contributed by atoms with Gasteiger partial charge in [-0.05, 0) is 27.7 Å². The van der Waals surface area contributed by atoms with Crippen molar-refractivity contribution < 1.29 is 33.6 Å². The first-order valence-electron chi connectivity index (χ1n) is 13.9. The van der Waals surface area contributed by atoms with E-state index < -0.39 is 56.3 Å². The van der Waals surface area contributed by atoms with Crippen LogP contribution >= 0.6 is 0 Å². The van der Waals surface area contributed by atoms with E-state index in [1.54, 1.807) is 67.2 Å². The van der Waals surface area contributed by atoms with Gasteiger partial charge in [0.15, 0.2) is 11.6 Å². The number of carbonyl (C=O) groups is 4. The van der Waals surface area contributed by atoms with E-state index in [-0.39, 0.29) is 23.4 Å². The number of ketones is 2.